The van der Waals surface area contributed by atoms with Crippen molar-refractivity contribution in [2.45, 2.75) is 38.6 Å². The van der Waals surface area contributed by atoms with E-state index < -0.39 is 18.1 Å². The number of amides is 2. The highest BCUT2D eigenvalue weighted by Gasteiger charge is 2.29. The fourth-order valence-corrected chi connectivity index (χ4v) is 3.85. The molecule has 0 saturated carbocycles. The summed E-state index contributed by atoms with van der Waals surface area (Å²) in [5, 5.41) is 14.2. The molecule has 1 unspecified atom stereocenters. The molecule has 2 amide bonds. The summed E-state index contributed by atoms with van der Waals surface area (Å²) in [7, 11) is 0. The number of carbonyl (C=O) groups is 3. The summed E-state index contributed by atoms with van der Waals surface area (Å²) in [5.74, 6) is -1.30. The van der Waals surface area contributed by atoms with Crippen LogP contribution in [0.5, 0.6) is 0 Å². The summed E-state index contributed by atoms with van der Waals surface area (Å²) < 4.78 is 5.43. The van der Waals surface area contributed by atoms with E-state index in [0.717, 1.165) is 22.3 Å². The van der Waals surface area contributed by atoms with Gasteiger partial charge in [-0.2, -0.15) is 0 Å². The molecule has 0 aliphatic heterocycles. The zero-order valence-corrected chi connectivity index (χ0v) is 17.8. The smallest absolute Gasteiger partial charge is 0.407 e. The fraction of sp³-hybridized carbons (Fsp3) is 0.375. The minimum Gasteiger partial charge on any atom is -0.481 e. The molecule has 0 aromatic heterocycles. The predicted octanol–water partition coefficient (Wildman–Crippen LogP) is 3.53. The first kappa shape index (κ1) is 22.3. The standard InChI is InChI=1S/C24H28N2O5/c1-15(2)21(13-23(28)29)26-22(27)11-12-25-24(30)31-14-20-18-9-5-3-7-16(18)17-8-4-6-10-19(17)20/h3-10,15,20-21H,11-14H2,1-2H3,(H,25,30)(H,26,27)(H,28,29). The maximum absolute atomic E-state index is 12.1. The van der Waals surface area contributed by atoms with Crippen molar-refractivity contribution in [3.05, 3.63) is 59.7 Å². The number of hydrogen-bond acceptors (Lipinski definition) is 4. The number of rotatable bonds is 9. The number of carboxylic acids is 1. The van der Waals surface area contributed by atoms with Crippen molar-refractivity contribution in [1.29, 1.82) is 0 Å². The van der Waals surface area contributed by atoms with Crippen LogP contribution in [0.3, 0.4) is 0 Å². The lowest BCUT2D eigenvalue weighted by Crippen LogP contribution is -2.41. The molecule has 164 valence electrons. The van der Waals surface area contributed by atoms with Crippen LogP contribution in [0.2, 0.25) is 0 Å². The third kappa shape index (κ3) is 5.63. The number of aliphatic carboxylic acids is 1. The van der Waals surface area contributed by atoms with Crippen LogP contribution in [-0.2, 0) is 14.3 Å². The van der Waals surface area contributed by atoms with Crippen LogP contribution in [-0.4, -0.2) is 42.3 Å². The summed E-state index contributed by atoms with van der Waals surface area (Å²) >= 11 is 0. The van der Waals surface area contributed by atoms with Gasteiger partial charge >= 0.3 is 12.1 Å². The Morgan fingerprint density at radius 1 is 1.00 bits per heavy atom. The summed E-state index contributed by atoms with van der Waals surface area (Å²) in [6.07, 6.45) is -0.670. The monoisotopic (exact) mass is 424 g/mol. The van der Waals surface area contributed by atoms with Gasteiger partial charge in [0, 0.05) is 24.9 Å². The van der Waals surface area contributed by atoms with Crippen molar-refractivity contribution in [2.24, 2.45) is 5.92 Å². The van der Waals surface area contributed by atoms with Crippen molar-refractivity contribution >= 4 is 18.0 Å². The number of carbonyl (C=O) groups excluding carboxylic acids is 2. The Kier molecular flexibility index (Phi) is 7.28. The van der Waals surface area contributed by atoms with Crippen LogP contribution in [0.4, 0.5) is 4.79 Å². The minimum atomic E-state index is -0.962. The third-order valence-electron chi connectivity index (χ3n) is 5.51. The molecule has 7 nitrogen and oxygen atoms in total. The van der Waals surface area contributed by atoms with E-state index in [2.05, 4.69) is 22.8 Å². The van der Waals surface area contributed by atoms with Gasteiger partial charge in [-0.25, -0.2) is 4.79 Å². The minimum absolute atomic E-state index is 0.00450. The molecule has 1 aliphatic carbocycles. The maximum Gasteiger partial charge on any atom is 0.407 e. The number of carboxylic acid groups (broad SMARTS) is 1. The van der Waals surface area contributed by atoms with Crippen LogP contribution in [0.25, 0.3) is 11.1 Å². The first-order valence-electron chi connectivity index (χ1n) is 10.5. The van der Waals surface area contributed by atoms with Crippen LogP contribution in [0.1, 0.15) is 43.7 Å². The Bertz CT molecular complexity index is 911. The van der Waals surface area contributed by atoms with E-state index in [1.54, 1.807) is 0 Å². The highest BCUT2D eigenvalue weighted by atomic mass is 16.5. The second kappa shape index (κ2) is 10.1. The lowest BCUT2D eigenvalue weighted by molar-refractivity contribution is -0.138. The first-order chi connectivity index (χ1) is 14.9. The molecule has 0 saturated heterocycles. The lowest BCUT2D eigenvalue weighted by atomic mass is 9.98. The maximum atomic E-state index is 12.1. The second-order valence-corrected chi connectivity index (χ2v) is 8.02. The van der Waals surface area contributed by atoms with Crippen molar-refractivity contribution in [1.82, 2.24) is 10.6 Å². The van der Waals surface area contributed by atoms with E-state index in [-0.39, 0.29) is 43.7 Å². The van der Waals surface area contributed by atoms with Gasteiger partial charge in [-0.3, -0.25) is 9.59 Å². The van der Waals surface area contributed by atoms with E-state index >= 15 is 0 Å². The second-order valence-electron chi connectivity index (χ2n) is 8.02. The van der Waals surface area contributed by atoms with Crippen molar-refractivity contribution < 1.29 is 24.2 Å². The molecule has 3 N–H and O–H groups in total. The Balaban J connectivity index is 1.47. The average molecular weight is 424 g/mol. The van der Waals surface area contributed by atoms with Crippen LogP contribution in [0, 0.1) is 5.92 Å². The van der Waals surface area contributed by atoms with Crippen LogP contribution >= 0.6 is 0 Å². The van der Waals surface area contributed by atoms with E-state index in [9.17, 15) is 14.4 Å². The highest BCUT2D eigenvalue weighted by Crippen LogP contribution is 2.44. The van der Waals surface area contributed by atoms with Gasteiger partial charge in [0.05, 0.1) is 6.42 Å². The van der Waals surface area contributed by atoms with E-state index in [0.29, 0.717) is 0 Å². The van der Waals surface area contributed by atoms with Gasteiger partial charge < -0.3 is 20.5 Å². The fourth-order valence-electron chi connectivity index (χ4n) is 3.85. The van der Waals surface area contributed by atoms with Gasteiger partial charge in [-0.15, -0.1) is 0 Å². The molecule has 1 aliphatic rings. The van der Waals surface area contributed by atoms with Gasteiger partial charge in [0.25, 0.3) is 0 Å². The van der Waals surface area contributed by atoms with E-state index in [4.69, 9.17) is 9.84 Å². The molecule has 0 radical (unpaired) electrons. The van der Waals surface area contributed by atoms with Crippen molar-refractivity contribution in [3.8, 4) is 11.1 Å². The van der Waals surface area contributed by atoms with E-state index in [1.165, 1.54) is 0 Å². The quantitative estimate of drug-likeness (QED) is 0.571. The number of benzene rings is 2. The van der Waals surface area contributed by atoms with E-state index in [1.807, 2.05) is 50.2 Å². The summed E-state index contributed by atoms with van der Waals surface area (Å²) in [4.78, 5) is 35.1. The zero-order valence-electron chi connectivity index (χ0n) is 17.8. The summed E-state index contributed by atoms with van der Waals surface area (Å²) in [5.41, 5.74) is 4.58. The molecule has 1 atom stereocenters. The molecule has 7 heteroatoms. The molecule has 3 rings (SSSR count). The van der Waals surface area contributed by atoms with Gasteiger partial charge in [0.15, 0.2) is 0 Å². The molecule has 31 heavy (non-hydrogen) atoms. The SMILES string of the molecule is CC(C)C(CC(=O)O)NC(=O)CCNC(=O)OCC1c2ccccc2-c2ccccc21. The molecule has 0 spiro atoms. The number of alkyl carbamates (subject to hydrolysis) is 1. The zero-order chi connectivity index (χ0) is 22.4. The molecular weight excluding hydrogens is 396 g/mol. The van der Waals surface area contributed by atoms with Crippen molar-refractivity contribution in [3.63, 3.8) is 0 Å². The lowest BCUT2D eigenvalue weighted by Gasteiger charge is -2.20. The van der Waals surface area contributed by atoms with Crippen molar-refractivity contribution in [2.75, 3.05) is 13.2 Å². The summed E-state index contributed by atoms with van der Waals surface area (Å²) in [6, 6.07) is 15.7. The van der Waals surface area contributed by atoms with Gasteiger partial charge in [-0.05, 0) is 28.2 Å². The molecule has 2 aromatic carbocycles. The van der Waals surface area contributed by atoms with Crippen LogP contribution in [0.15, 0.2) is 48.5 Å². The van der Waals surface area contributed by atoms with Crippen LogP contribution < -0.4 is 10.6 Å². The number of nitrogens with one attached hydrogen (secondary N) is 2. The number of ether oxygens (including phenoxy) is 1. The Morgan fingerprint density at radius 2 is 1.58 bits per heavy atom. The first-order valence-corrected chi connectivity index (χ1v) is 10.5. The number of hydrogen-bond donors (Lipinski definition) is 3. The Hall–Kier alpha value is -3.35. The Morgan fingerprint density at radius 3 is 2.13 bits per heavy atom. The molecule has 0 bridgehead atoms. The average Bonchev–Trinajstić information content (AvgIpc) is 3.05. The largest absolute Gasteiger partial charge is 0.481 e. The highest BCUT2D eigenvalue weighted by molar-refractivity contribution is 5.79. The molecule has 2 aromatic rings. The number of fused-ring (bicyclic) bond motifs is 3. The van der Waals surface area contributed by atoms with Gasteiger partial charge in [-0.1, -0.05) is 62.4 Å². The Labute approximate surface area is 181 Å². The van der Waals surface area contributed by atoms with Gasteiger partial charge in [0.1, 0.15) is 6.61 Å². The normalized spacial score (nSPS) is 13.3. The molecule has 0 heterocycles. The predicted molar refractivity (Wildman–Crippen MR) is 117 cm³/mol. The molecular formula is C24H28N2O5. The third-order valence-corrected chi connectivity index (χ3v) is 5.51. The molecule has 0 fully saturated rings. The topological polar surface area (TPSA) is 105 Å². The van der Waals surface area contributed by atoms with Gasteiger partial charge in [0.2, 0.25) is 5.91 Å². The summed E-state index contributed by atoms with van der Waals surface area (Å²) in [6.45, 7) is 4.02.